The third kappa shape index (κ3) is 8.88. The molecule has 0 amide bonds. The Hall–Kier alpha value is -7.68. The first kappa shape index (κ1) is 43.2. The van der Waals surface area contributed by atoms with Crippen molar-refractivity contribution in [1.29, 1.82) is 0 Å². The topological polar surface area (TPSA) is 10.4 Å². The van der Waals surface area contributed by atoms with Gasteiger partial charge in [-0.25, -0.2) is 0 Å². The molecule has 0 radical (unpaired) electrons. The van der Waals surface area contributed by atoms with Crippen molar-refractivity contribution in [3.05, 3.63) is 225 Å². The number of halogens is 5. The predicted octanol–water partition coefficient (Wildman–Crippen LogP) is 17.2. The van der Waals surface area contributed by atoms with Crippen LogP contribution < -0.4 is 14.4 Å². The lowest BCUT2D eigenvalue weighted by atomic mass is 9.87. The predicted molar refractivity (Wildman–Crippen MR) is 274 cm³/mol. The van der Waals surface area contributed by atoms with Gasteiger partial charge in [-0.1, -0.05) is 127 Å². The molecule has 0 N–H and O–H groups in total. The van der Waals surface area contributed by atoms with Crippen molar-refractivity contribution in [2.45, 2.75) is 13.0 Å². The first-order valence-corrected chi connectivity index (χ1v) is 22.8. The zero-order chi connectivity index (χ0) is 45.9. The summed E-state index contributed by atoms with van der Waals surface area (Å²) in [5, 5.41) is 10.1. The average molecular weight is 904 g/mol. The van der Waals surface area contributed by atoms with Crippen molar-refractivity contribution in [3.8, 4) is 22.4 Å². The Morgan fingerprint density at radius 2 is 0.821 bits per heavy atom. The summed E-state index contributed by atoms with van der Waals surface area (Å²) < 4.78 is 41.5. The maximum absolute atomic E-state index is 9.75. The average Bonchev–Trinajstić information content (AvgIpc) is 3.36. The number of anilines is 6. The number of benzene rings is 10. The molecule has 0 aliphatic heterocycles. The number of fused-ring (bicyclic) bond motifs is 2. The van der Waals surface area contributed by atoms with E-state index in [1.165, 1.54) is 54.3 Å². The molecule has 328 valence electrons. The van der Waals surface area contributed by atoms with E-state index in [-0.39, 0.29) is 0 Å². The van der Waals surface area contributed by atoms with E-state index in [0.717, 1.165) is 58.2 Å². The van der Waals surface area contributed by atoms with E-state index in [1.807, 2.05) is 0 Å². The highest BCUT2D eigenvalue weighted by Crippen LogP contribution is 2.45. The number of para-hydroxylation sites is 4. The Labute approximate surface area is 391 Å². The maximum Gasteiger partial charge on any atom is 0.673 e. The Balaban J connectivity index is 0.000000999. The van der Waals surface area contributed by atoms with Gasteiger partial charge in [-0.15, -0.1) is 11.6 Å². The third-order valence-electron chi connectivity index (χ3n) is 12.2. The SMILES string of the molecule is ClCCC[n+]1cc2c(cc3ccc4cccc5ccc2c3c45)c(-c2ccc(N(c3ccccc3)c3ccccc3)cc2)c1-c1ccc(N(c2ccccc2)c2ccccc2)cc1.F[B-](F)(F)F. The molecule has 0 saturated carbocycles. The standard InChI is InChI=1S/C58H43ClN3.BF4/c59-37-14-38-60-40-54-52-36-31-42-16-13-15-41-25-26-45(56(52)55(41)42)39-53(54)57(43-27-32-50(33-28-43)61(46-17-5-1-6-18-46)47-19-7-2-8-20-47)58(60)44-29-34-51(35-30-44)62(48-21-9-3-10-22-48)49-23-11-4-12-24-49;2-1(3,4)5/h1-13,15-36,39-40H,14,37-38H2;/q+1;-1. The van der Waals surface area contributed by atoms with Gasteiger partial charge in [0.15, 0.2) is 6.20 Å². The summed E-state index contributed by atoms with van der Waals surface area (Å²) in [6.07, 6.45) is 3.23. The zero-order valence-corrected chi connectivity index (χ0v) is 37.0. The summed E-state index contributed by atoms with van der Waals surface area (Å²) in [6, 6.07) is 79.0. The van der Waals surface area contributed by atoms with Crippen LogP contribution in [0.25, 0.3) is 65.5 Å². The van der Waals surface area contributed by atoms with Crippen LogP contribution in [0.4, 0.5) is 51.4 Å². The lowest BCUT2D eigenvalue weighted by Crippen LogP contribution is -2.37. The highest BCUT2D eigenvalue weighted by molar-refractivity contribution is 6.50. The van der Waals surface area contributed by atoms with Gasteiger partial charge < -0.3 is 27.1 Å². The quantitative estimate of drug-likeness (QED) is 0.0320. The van der Waals surface area contributed by atoms with Crippen LogP contribution in [0.1, 0.15) is 6.42 Å². The number of aryl methyl sites for hydroxylation is 1. The number of pyridine rings is 1. The van der Waals surface area contributed by atoms with Crippen LogP contribution in [0.15, 0.2) is 225 Å². The summed E-state index contributed by atoms with van der Waals surface area (Å²) >= 11 is 6.52. The second-order valence-corrected chi connectivity index (χ2v) is 16.8. The molecule has 0 atom stereocenters. The number of aromatic nitrogens is 1. The van der Waals surface area contributed by atoms with Gasteiger partial charge in [-0.3, -0.25) is 0 Å². The zero-order valence-electron chi connectivity index (χ0n) is 36.3. The monoisotopic (exact) mass is 903 g/mol. The number of hydrogen-bond donors (Lipinski definition) is 0. The molecule has 10 aromatic carbocycles. The summed E-state index contributed by atoms with van der Waals surface area (Å²) in [6.45, 7) is 0.777. The van der Waals surface area contributed by atoms with Crippen molar-refractivity contribution in [2.24, 2.45) is 0 Å². The van der Waals surface area contributed by atoms with Gasteiger partial charge >= 0.3 is 7.25 Å². The van der Waals surface area contributed by atoms with E-state index in [1.54, 1.807) is 0 Å². The molecule has 9 heteroatoms. The minimum Gasteiger partial charge on any atom is -0.418 e. The maximum atomic E-state index is 9.75. The van der Waals surface area contributed by atoms with E-state index < -0.39 is 7.25 Å². The van der Waals surface area contributed by atoms with Crippen LogP contribution in [-0.4, -0.2) is 13.1 Å². The van der Waals surface area contributed by atoms with Gasteiger partial charge in [0.05, 0.1) is 10.9 Å². The van der Waals surface area contributed by atoms with Crippen LogP contribution in [0.2, 0.25) is 0 Å². The van der Waals surface area contributed by atoms with Crippen molar-refractivity contribution in [3.63, 3.8) is 0 Å². The first-order chi connectivity index (χ1) is 32.7. The van der Waals surface area contributed by atoms with Crippen molar-refractivity contribution in [2.75, 3.05) is 15.7 Å². The second kappa shape index (κ2) is 18.7. The molecular formula is C58H43BClF4N3. The van der Waals surface area contributed by atoms with E-state index in [2.05, 4.69) is 239 Å². The van der Waals surface area contributed by atoms with Gasteiger partial charge in [-0.2, -0.15) is 4.57 Å². The van der Waals surface area contributed by atoms with Crippen molar-refractivity contribution in [1.82, 2.24) is 0 Å². The molecule has 0 bridgehead atoms. The largest absolute Gasteiger partial charge is 0.673 e. The molecule has 0 spiro atoms. The molecule has 67 heavy (non-hydrogen) atoms. The highest BCUT2D eigenvalue weighted by atomic mass is 35.5. The molecule has 0 aliphatic rings. The molecule has 3 nitrogen and oxygen atoms in total. The fraction of sp³-hybridized carbons (Fsp3) is 0.0517. The van der Waals surface area contributed by atoms with Crippen molar-refractivity contribution < 1.29 is 21.8 Å². The van der Waals surface area contributed by atoms with Gasteiger partial charge in [0, 0.05) is 57.4 Å². The number of hydrogen-bond acceptors (Lipinski definition) is 2. The molecule has 1 aromatic heterocycles. The minimum atomic E-state index is -6.00. The fourth-order valence-corrected chi connectivity index (χ4v) is 9.55. The van der Waals surface area contributed by atoms with Gasteiger partial charge in [0.1, 0.15) is 6.54 Å². The molecule has 11 rings (SSSR count). The minimum absolute atomic E-state index is 0.573. The van der Waals surface area contributed by atoms with E-state index >= 15 is 0 Å². The Morgan fingerprint density at radius 3 is 1.28 bits per heavy atom. The van der Waals surface area contributed by atoms with E-state index in [4.69, 9.17) is 11.6 Å². The van der Waals surface area contributed by atoms with Crippen LogP contribution in [0.3, 0.4) is 0 Å². The van der Waals surface area contributed by atoms with Crippen LogP contribution in [0.5, 0.6) is 0 Å². The second-order valence-electron chi connectivity index (χ2n) is 16.4. The number of nitrogens with zero attached hydrogens (tertiary/aromatic N) is 3. The lowest BCUT2D eigenvalue weighted by Gasteiger charge is -2.26. The highest BCUT2D eigenvalue weighted by Gasteiger charge is 2.27. The third-order valence-corrected chi connectivity index (χ3v) is 12.4. The Bertz CT molecular complexity index is 3330. The molecule has 11 aromatic rings. The van der Waals surface area contributed by atoms with Crippen LogP contribution in [-0.2, 0) is 6.54 Å². The van der Waals surface area contributed by atoms with E-state index in [0.29, 0.717) is 5.88 Å². The normalized spacial score (nSPS) is 11.5. The van der Waals surface area contributed by atoms with Crippen LogP contribution in [0, 0.1) is 0 Å². The lowest BCUT2D eigenvalue weighted by molar-refractivity contribution is -0.684. The Kier molecular flexibility index (Phi) is 12.0. The molecule has 0 unspecified atom stereocenters. The number of rotatable bonds is 11. The summed E-state index contributed by atoms with van der Waals surface area (Å²) in [7, 11) is -6.00. The molecule has 0 saturated heterocycles. The Morgan fingerprint density at radius 1 is 0.403 bits per heavy atom. The van der Waals surface area contributed by atoms with Gasteiger partial charge in [0.25, 0.3) is 0 Å². The molecule has 0 fully saturated rings. The van der Waals surface area contributed by atoms with E-state index in [9.17, 15) is 17.3 Å². The summed E-state index contributed by atoms with van der Waals surface area (Å²) in [5.41, 5.74) is 11.3. The first-order valence-electron chi connectivity index (χ1n) is 22.2. The van der Waals surface area contributed by atoms with Crippen LogP contribution >= 0.6 is 11.6 Å². The van der Waals surface area contributed by atoms with Gasteiger partial charge in [0.2, 0.25) is 5.69 Å². The summed E-state index contributed by atoms with van der Waals surface area (Å²) in [4.78, 5) is 4.64. The van der Waals surface area contributed by atoms with Gasteiger partial charge in [-0.05, 0) is 129 Å². The number of alkyl halides is 1. The smallest absolute Gasteiger partial charge is 0.418 e. The molecule has 0 aliphatic carbocycles. The fourth-order valence-electron chi connectivity index (χ4n) is 9.43. The van der Waals surface area contributed by atoms with Crippen molar-refractivity contribution >= 4 is 96.1 Å². The molecule has 1 heterocycles. The molecular weight excluding hydrogens is 861 g/mol. The summed E-state index contributed by atoms with van der Waals surface area (Å²) in [5.74, 6) is 0.573.